The van der Waals surface area contributed by atoms with Gasteiger partial charge in [-0.1, -0.05) is 17.7 Å². The first-order valence-corrected chi connectivity index (χ1v) is 9.46. The molecule has 3 heterocycles. The second kappa shape index (κ2) is 9.44. The summed E-state index contributed by atoms with van der Waals surface area (Å²) in [6, 6.07) is 12.1. The summed E-state index contributed by atoms with van der Waals surface area (Å²) in [5.41, 5.74) is 2.93. The molecule has 162 valence electrons. The number of halogens is 3. The van der Waals surface area contributed by atoms with E-state index in [1.807, 2.05) is 6.07 Å². The van der Waals surface area contributed by atoms with E-state index in [4.69, 9.17) is 9.59 Å². The van der Waals surface area contributed by atoms with Crippen LogP contribution in [0, 0.1) is 6.92 Å². The molecule has 0 radical (unpaired) electrons. The first-order valence-electron chi connectivity index (χ1n) is 9.46. The van der Waals surface area contributed by atoms with Crippen LogP contribution < -0.4 is 9.80 Å². The SMILES string of the molecule is Cc1ccc(N2CCN(c3ccc(-c4ncc(C(F)(F)F)[nH]4)nc3)CC2)cc1.O=C=O. The summed E-state index contributed by atoms with van der Waals surface area (Å²) in [5, 5.41) is 0. The van der Waals surface area contributed by atoms with Crippen molar-refractivity contribution in [3.05, 3.63) is 60.0 Å². The van der Waals surface area contributed by atoms with Crippen LogP contribution in [0.1, 0.15) is 11.3 Å². The number of benzene rings is 1. The van der Waals surface area contributed by atoms with Crippen LogP contribution in [0.15, 0.2) is 48.8 Å². The zero-order chi connectivity index (χ0) is 22.4. The summed E-state index contributed by atoms with van der Waals surface area (Å²) in [6.45, 7) is 5.59. The molecule has 0 unspecified atom stereocenters. The van der Waals surface area contributed by atoms with Crippen LogP contribution in [0.5, 0.6) is 0 Å². The van der Waals surface area contributed by atoms with E-state index in [1.165, 1.54) is 11.3 Å². The number of carbonyl (C=O) groups excluding carboxylic acids is 2. The van der Waals surface area contributed by atoms with E-state index in [-0.39, 0.29) is 12.0 Å². The largest absolute Gasteiger partial charge is 0.432 e. The van der Waals surface area contributed by atoms with Crippen LogP contribution in [0.3, 0.4) is 0 Å². The van der Waals surface area contributed by atoms with Gasteiger partial charge in [-0.3, -0.25) is 4.98 Å². The maximum Gasteiger partial charge on any atom is 0.432 e. The molecule has 3 aromatic rings. The predicted octanol–water partition coefficient (Wildman–Crippen LogP) is 3.54. The lowest BCUT2D eigenvalue weighted by molar-refractivity contribution is -0.191. The lowest BCUT2D eigenvalue weighted by Crippen LogP contribution is -2.46. The first kappa shape index (κ1) is 22.0. The van der Waals surface area contributed by atoms with Gasteiger partial charge in [0.1, 0.15) is 11.4 Å². The lowest BCUT2D eigenvalue weighted by Gasteiger charge is -2.37. The Bertz CT molecular complexity index is 1020. The number of anilines is 2. The number of aromatic nitrogens is 3. The number of aromatic amines is 1. The smallest absolute Gasteiger partial charge is 0.368 e. The molecule has 10 heteroatoms. The number of rotatable bonds is 3. The third-order valence-electron chi connectivity index (χ3n) is 4.92. The summed E-state index contributed by atoms with van der Waals surface area (Å²) >= 11 is 0. The van der Waals surface area contributed by atoms with Crippen molar-refractivity contribution in [3.63, 3.8) is 0 Å². The molecular weight excluding hydrogens is 411 g/mol. The quantitative estimate of drug-likeness (QED) is 0.683. The second-order valence-electron chi connectivity index (χ2n) is 6.94. The first-order chi connectivity index (χ1) is 14.8. The van der Waals surface area contributed by atoms with E-state index in [2.05, 4.69) is 55.9 Å². The highest BCUT2D eigenvalue weighted by atomic mass is 19.4. The van der Waals surface area contributed by atoms with Crippen molar-refractivity contribution in [1.29, 1.82) is 0 Å². The highest BCUT2D eigenvalue weighted by molar-refractivity contribution is 5.56. The number of pyridine rings is 1. The van der Waals surface area contributed by atoms with Crippen LogP contribution in [-0.4, -0.2) is 47.3 Å². The molecule has 1 saturated heterocycles. The van der Waals surface area contributed by atoms with Crippen molar-refractivity contribution in [3.8, 4) is 11.5 Å². The van der Waals surface area contributed by atoms with Gasteiger partial charge in [0.15, 0.2) is 5.82 Å². The normalized spacial score (nSPS) is 13.9. The molecule has 1 aliphatic rings. The van der Waals surface area contributed by atoms with Gasteiger partial charge in [-0.2, -0.15) is 22.8 Å². The molecule has 7 nitrogen and oxygen atoms in total. The Morgan fingerprint density at radius 1 is 0.871 bits per heavy atom. The third kappa shape index (κ3) is 5.49. The maximum absolute atomic E-state index is 12.7. The Balaban J connectivity index is 0.000000858. The average Bonchev–Trinajstić information content (AvgIpc) is 3.26. The number of alkyl halides is 3. The van der Waals surface area contributed by atoms with Gasteiger partial charge < -0.3 is 14.8 Å². The van der Waals surface area contributed by atoms with E-state index in [9.17, 15) is 13.2 Å². The molecule has 2 aromatic heterocycles. The second-order valence-corrected chi connectivity index (χ2v) is 6.94. The van der Waals surface area contributed by atoms with Gasteiger partial charge in [0.25, 0.3) is 0 Å². The molecule has 4 rings (SSSR count). The van der Waals surface area contributed by atoms with Crippen molar-refractivity contribution in [2.45, 2.75) is 13.1 Å². The van der Waals surface area contributed by atoms with Gasteiger partial charge in [-0.15, -0.1) is 0 Å². The summed E-state index contributed by atoms with van der Waals surface area (Å²) in [7, 11) is 0. The number of hydrogen-bond acceptors (Lipinski definition) is 6. The molecule has 0 amide bonds. The molecule has 0 atom stereocenters. The Kier molecular flexibility index (Phi) is 6.71. The number of nitrogens with zero attached hydrogens (tertiary/aromatic N) is 4. The summed E-state index contributed by atoms with van der Waals surface area (Å²) < 4.78 is 38.1. The fourth-order valence-corrected chi connectivity index (χ4v) is 3.29. The molecule has 0 spiro atoms. The minimum absolute atomic E-state index is 0.114. The van der Waals surface area contributed by atoms with E-state index in [0.717, 1.165) is 38.1 Å². The minimum Gasteiger partial charge on any atom is -0.368 e. The molecule has 1 N–H and O–H groups in total. The van der Waals surface area contributed by atoms with Gasteiger partial charge in [-0.25, -0.2) is 4.98 Å². The van der Waals surface area contributed by atoms with Gasteiger partial charge in [0, 0.05) is 31.9 Å². The van der Waals surface area contributed by atoms with Crippen LogP contribution >= 0.6 is 0 Å². The van der Waals surface area contributed by atoms with Crippen LogP contribution in [-0.2, 0) is 15.8 Å². The fraction of sp³-hybridized carbons (Fsp3) is 0.286. The fourth-order valence-electron chi connectivity index (χ4n) is 3.29. The lowest BCUT2D eigenvalue weighted by atomic mass is 10.2. The molecule has 31 heavy (non-hydrogen) atoms. The molecule has 0 aliphatic carbocycles. The van der Waals surface area contributed by atoms with E-state index in [1.54, 1.807) is 12.3 Å². The van der Waals surface area contributed by atoms with Crippen molar-refractivity contribution in [2.75, 3.05) is 36.0 Å². The summed E-state index contributed by atoms with van der Waals surface area (Å²) in [5.74, 6) is 0.114. The Morgan fingerprint density at radius 3 is 1.90 bits per heavy atom. The molecule has 0 bridgehead atoms. The average molecular weight is 431 g/mol. The van der Waals surface area contributed by atoms with Gasteiger partial charge >= 0.3 is 12.3 Å². The minimum atomic E-state index is -4.44. The van der Waals surface area contributed by atoms with Crippen LogP contribution in [0.4, 0.5) is 24.5 Å². The highest BCUT2D eigenvalue weighted by Gasteiger charge is 2.33. The number of imidazole rings is 1. The number of aryl methyl sites for hydroxylation is 1. The van der Waals surface area contributed by atoms with Crippen LogP contribution in [0.25, 0.3) is 11.5 Å². The third-order valence-corrected chi connectivity index (χ3v) is 4.92. The van der Waals surface area contributed by atoms with Gasteiger partial charge in [-0.05, 0) is 31.2 Å². The Hall–Kier alpha value is -3.65. The van der Waals surface area contributed by atoms with E-state index in [0.29, 0.717) is 5.69 Å². The van der Waals surface area contributed by atoms with Crippen molar-refractivity contribution in [2.24, 2.45) is 0 Å². The number of H-pyrrole nitrogens is 1. The molecule has 1 aliphatic heterocycles. The van der Waals surface area contributed by atoms with E-state index >= 15 is 0 Å². The summed E-state index contributed by atoms with van der Waals surface area (Å²) in [6.07, 6.45) is -1.72. The highest BCUT2D eigenvalue weighted by Crippen LogP contribution is 2.29. The van der Waals surface area contributed by atoms with Crippen LogP contribution in [0.2, 0.25) is 0 Å². The molecule has 1 fully saturated rings. The topological polar surface area (TPSA) is 82.2 Å². The Morgan fingerprint density at radius 2 is 1.42 bits per heavy atom. The molecular formula is C21H20F3N5O2. The molecule has 0 saturated carbocycles. The maximum atomic E-state index is 12.7. The predicted molar refractivity (Wildman–Crippen MR) is 107 cm³/mol. The number of hydrogen-bond donors (Lipinski definition) is 1. The monoisotopic (exact) mass is 431 g/mol. The van der Waals surface area contributed by atoms with Crippen molar-refractivity contribution < 1.29 is 22.8 Å². The zero-order valence-corrected chi connectivity index (χ0v) is 16.7. The molecule has 1 aromatic carbocycles. The summed E-state index contributed by atoms with van der Waals surface area (Å²) in [4.78, 5) is 31.2. The standard InChI is InChI=1S/C20H20F3N5.CO2/c1-14-2-4-15(5-3-14)27-8-10-28(11-9-27)16-6-7-17(24-12-16)19-25-13-18(26-19)20(21,22)23;2-1-3/h2-7,12-13H,8-11H2,1H3,(H,25,26);. The number of nitrogens with one attached hydrogen (secondary N) is 1. The van der Waals surface area contributed by atoms with Crippen molar-refractivity contribution in [1.82, 2.24) is 15.0 Å². The van der Waals surface area contributed by atoms with Gasteiger partial charge in [0.05, 0.1) is 18.1 Å². The zero-order valence-electron chi connectivity index (χ0n) is 16.7. The number of piperazine rings is 1. The van der Waals surface area contributed by atoms with E-state index < -0.39 is 11.9 Å². The van der Waals surface area contributed by atoms with Gasteiger partial charge in [0.2, 0.25) is 0 Å². The Labute approximate surface area is 176 Å². The van der Waals surface area contributed by atoms with Crippen molar-refractivity contribution >= 4 is 17.5 Å².